The van der Waals surface area contributed by atoms with Gasteiger partial charge < -0.3 is 10.4 Å². The lowest BCUT2D eigenvalue weighted by molar-refractivity contribution is -0.118. The maximum Gasteiger partial charge on any atom is 0.244 e. The SMILES string of the molecule is Cc1ccccc1C=CC(=O)NC1(CO)CCCC1. The average Bonchev–Trinajstić information content (AvgIpc) is 2.87. The van der Waals surface area contributed by atoms with Gasteiger partial charge in [0.2, 0.25) is 5.91 Å². The van der Waals surface area contributed by atoms with Gasteiger partial charge in [-0.15, -0.1) is 0 Å². The molecule has 0 saturated heterocycles. The highest BCUT2D eigenvalue weighted by atomic mass is 16.3. The van der Waals surface area contributed by atoms with Crippen LogP contribution in [0.5, 0.6) is 0 Å². The number of benzene rings is 1. The van der Waals surface area contributed by atoms with Gasteiger partial charge in [0.1, 0.15) is 0 Å². The molecule has 19 heavy (non-hydrogen) atoms. The average molecular weight is 259 g/mol. The number of aliphatic hydroxyl groups excluding tert-OH is 1. The van der Waals surface area contributed by atoms with Crippen molar-refractivity contribution in [3.63, 3.8) is 0 Å². The fourth-order valence-corrected chi connectivity index (χ4v) is 2.62. The summed E-state index contributed by atoms with van der Waals surface area (Å²) in [4.78, 5) is 11.9. The van der Waals surface area contributed by atoms with E-state index in [9.17, 15) is 9.90 Å². The van der Waals surface area contributed by atoms with E-state index in [0.717, 1.165) is 36.8 Å². The van der Waals surface area contributed by atoms with Gasteiger partial charge in [0, 0.05) is 6.08 Å². The first kappa shape index (κ1) is 13.8. The highest BCUT2D eigenvalue weighted by Crippen LogP contribution is 2.29. The lowest BCUT2D eigenvalue weighted by Gasteiger charge is -2.27. The second-order valence-electron chi connectivity index (χ2n) is 5.32. The molecule has 3 nitrogen and oxygen atoms in total. The summed E-state index contributed by atoms with van der Waals surface area (Å²) in [5.74, 6) is -0.126. The summed E-state index contributed by atoms with van der Waals surface area (Å²) < 4.78 is 0. The lowest BCUT2D eigenvalue weighted by Crippen LogP contribution is -2.48. The van der Waals surface area contributed by atoms with Crippen LogP contribution in [-0.2, 0) is 4.79 Å². The third-order valence-corrected chi connectivity index (χ3v) is 3.85. The second kappa shape index (κ2) is 6.02. The van der Waals surface area contributed by atoms with Gasteiger partial charge in [-0.25, -0.2) is 0 Å². The number of nitrogens with one attached hydrogen (secondary N) is 1. The molecule has 0 spiro atoms. The Labute approximate surface area is 114 Å². The van der Waals surface area contributed by atoms with Gasteiger partial charge in [-0.2, -0.15) is 0 Å². The molecule has 1 aromatic carbocycles. The topological polar surface area (TPSA) is 49.3 Å². The first-order chi connectivity index (χ1) is 9.15. The van der Waals surface area contributed by atoms with E-state index in [1.165, 1.54) is 0 Å². The smallest absolute Gasteiger partial charge is 0.244 e. The molecule has 0 atom stereocenters. The largest absolute Gasteiger partial charge is 0.394 e. The number of aryl methyl sites for hydroxylation is 1. The molecule has 0 heterocycles. The molecule has 2 rings (SSSR count). The van der Waals surface area contributed by atoms with E-state index in [2.05, 4.69) is 5.32 Å². The molecular formula is C16H21NO2. The highest BCUT2D eigenvalue weighted by molar-refractivity contribution is 5.92. The Hall–Kier alpha value is -1.61. The number of hydrogen-bond donors (Lipinski definition) is 2. The second-order valence-corrected chi connectivity index (χ2v) is 5.32. The number of carbonyl (C=O) groups is 1. The zero-order valence-electron chi connectivity index (χ0n) is 11.4. The summed E-state index contributed by atoms with van der Waals surface area (Å²) >= 11 is 0. The Kier molecular flexibility index (Phi) is 4.38. The van der Waals surface area contributed by atoms with Crippen LogP contribution in [0.2, 0.25) is 0 Å². The maximum atomic E-state index is 11.9. The summed E-state index contributed by atoms with van der Waals surface area (Å²) in [6.07, 6.45) is 7.26. The number of hydrogen-bond acceptors (Lipinski definition) is 2. The van der Waals surface area contributed by atoms with Crippen LogP contribution in [0.3, 0.4) is 0 Å². The van der Waals surface area contributed by atoms with Crippen molar-refractivity contribution in [2.75, 3.05) is 6.61 Å². The zero-order valence-corrected chi connectivity index (χ0v) is 11.4. The van der Waals surface area contributed by atoms with Crippen LogP contribution < -0.4 is 5.32 Å². The number of carbonyl (C=O) groups excluding carboxylic acids is 1. The molecule has 0 radical (unpaired) electrons. The fourth-order valence-electron chi connectivity index (χ4n) is 2.62. The number of amides is 1. The molecule has 1 saturated carbocycles. The van der Waals surface area contributed by atoms with Crippen LogP contribution >= 0.6 is 0 Å². The van der Waals surface area contributed by atoms with Gasteiger partial charge in [-0.1, -0.05) is 37.1 Å². The van der Waals surface area contributed by atoms with Gasteiger partial charge in [0.15, 0.2) is 0 Å². The van der Waals surface area contributed by atoms with Crippen molar-refractivity contribution in [3.8, 4) is 0 Å². The van der Waals surface area contributed by atoms with E-state index < -0.39 is 5.54 Å². The van der Waals surface area contributed by atoms with Crippen LogP contribution in [0.25, 0.3) is 6.08 Å². The lowest BCUT2D eigenvalue weighted by atomic mass is 9.99. The van der Waals surface area contributed by atoms with Crippen molar-refractivity contribution in [2.24, 2.45) is 0 Å². The van der Waals surface area contributed by atoms with E-state index in [1.54, 1.807) is 6.08 Å². The molecule has 1 amide bonds. The maximum absolute atomic E-state index is 11.9. The van der Waals surface area contributed by atoms with Crippen LogP contribution in [0.4, 0.5) is 0 Å². The predicted molar refractivity (Wildman–Crippen MR) is 76.6 cm³/mol. The molecular weight excluding hydrogens is 238 g/mol. The van der Waals surface area contributed by atoms with Crippen molar-refractivity contribution in [2.45, 2.75) is 38.1 Å². The Morgan fingerprint density at radius 1 is 1.37 bits per heavy atom. The molecule has 2 N–H and O–H groups in total. The minimum Gasteiger partial charge on any atom is -0.394 e. The Bertz CT molecular complexity index is 473. The summed E-state index contributed by atoms with van der Waals surface area (Å²) in [6.45, 7) is 2.04. The van der Waals surface area contributed by atoms with E-state index in [0.29, 0.717) is 0 Å². The molecule has 0 unspecified atom stereocenters. The molecule has 0 aromatic heterocycles. The Morgan fingerprint density at radius 2 is 2.05 bits per heavy atom. The summed E-state index contributed by atoms with van der Waals surface area (Å²) in [5.41, 5.74) is 1.79. The van der Waals surface area contributed by atoms with Gasteiger partial charge >= 0.3 is 0 Å². The first-order valence-electron chi connectivity index (χ1n) is 6.82. The molecule has 1 aliphatic carbocycles. The Morgan fingerprint density at radius 3 is 2.68 bits per heavy atom. The minimum atomic E-state index is -0.396. The van der Waals surface area contributed by atoms with Crippen molar-refractivity contribution < 1.29 is 9.90 Å². The standard InChI is InChI=1S/C16H21NO2/c1-13-6-2-3-7-14(13)8-9-15(19)17-16(12-18)10-4-5-11-16/h2-3,6-9,18H,4-5,10-12H2,1H3,(H,17,19). The van der Waals surface area contributed by atoms with E-state index in [-0.39, 0.29) is 12.5 Å². The first-order valence-corrected chi connectivity index (χ1v) is 6.82. The van der Waals surface area contributed by atoms with Gasteiger partial charge in [0.05, 0.1) is 12.1 Å². The highest BCUT2D eigenvalue weighted by Gasteiger charge is 2.33. The van der Waals surface area contributed by atoms with Crippen LogP contribution in [0.15, 0.2) is 30.3 Å². The number of aliphatic hydroxyl groups is 1. The molecule has 102 valence electrons. The fraction of sp³-hybridized carbons (Fsp3) is 0.438. The van der Waals surface area contributed by atoms with Gasteiger partial charge in [-0.3, -0.25) is 4.79 Å². The van der Waals surface area contributed by atoms with E-state index in [4.69, 9.17) is 0 Å². The van der Waals surface area contributed by atoms with Crippen molar-refractivity contribution in [3.05, 3.63) is 41.5 Å². The summed E-state index contributed by atoms with van der Waals surface area (Å²) in [5, 5.41) is 12.4. The molecule has 0 aliphatic heterocycles. The molecule has 1 aliphatic rings. The quantitative estimate of drug-likeness (QED) is 0.816. The van der Waals surface area contributed by atoms with Gasteiger partial charge in [0.25, 0.3) is 0 Å². The van der Waals surface area contributed by atoms with E-state index in [1.807, 2.05) is 37.3 Å². The summed E-state index contributed by atoms with van der Waals surface area (Å²) in [7, 11) is 0. The molecule has 0 bridgehead atoms. The van der Waals surface area contributed by atoms with Crippen LogP contribution in [0, 0.1) is 6.92 Å². The normalized spacial score (nSPS) is 17.8. The summed E-state index contributed by atoms with van der Waals surface area (Å²) in [6, 6.07) is 7.93. The van der Waals surface area contributed by atoms with Gasteiger partial charge in [-0.05, 0) is 37.0 Å². The molecule has 1 aromatic rings. The van der Waals surface area contributed by atoms with Crippen LogP contribution in [-0.4, -0.2) is 23.2 Å². The minimum absolute atomic E-state index is 0.0247. The third-order valence-electron chi connectivity index (χ3n) is 3.85. The van der Waals surface area contributed by atoms with Crippen molar-refractivity contribution >= 4 is 12.0 Å². The number of rotatable bonds is 4. The third kappa shape index (κ3) is 3.44. The van der Waals surface area contributed by atoms with Crippen LogP contribution in [0.1, 0.15) is 36.8 Å². The Balaban J connectivity index is 2.00. The van der Waals surface area contributed by atoms with Crippen molar-refractivity contribution in [1.29, 1.82) is 0 Å². The van der Waals surface area contributed by atoms with E-state index >= 15 is 0 Å². The monoisotopic (exact) mass is 259 g/mol. The zero-order chi connectivity index (χ0) is 13.7. The molecule has 1 fully saturated rings. The predicted octanol–water partition coefficient (Wildman–Crippen LogP) is 2.43. The molecule has 3 heteroatoms. The van der Waals surface area contributed by atoms with Crippen molar-refractivity contribution in [1.82, 2.24) is 5.32 Å².